The number of ether oxygens (including phenoxy) is 1. The monoisotopic (exact) mass is 481 g/mol. The third-order valence-corrected chi connectivity index (χ3v) is 5.78. The molecule has 4 rings (SSSR count). The van der Waals surface area contributed by atoms with Gasteiger partial charge in [0.15, 0.2) is 5.76 Å². The number of halogens is 1. The number of aromatic nitrogens is 1. The average molecular weight is 482 g/mol. The van der Waals surface area contributed by atoms with Crippen molar-refractivity contribution in [1.29, 1.82) is 0 Å². The minimum Gasteiger partial charge on any atom is -0.444 e. The molecule has 0 saturated carbocycles. The fourth-order valence-corrected chi connectivity index (χ4v) is 4.09. The molecular formula is C26H28ClN3O4. The second-order valence-corrected chi connectivity index (χ2v) is 9.78. The summed E-state index contributed by atoms with van der Waals surface area (Å²) in [5.41, 5.74) is 2.89. The number of carbonyl (C=O) groups excluding carboxylic acids is 2. The molecule has 2 amide bonds. The minimum absolute atomic E-state index is 0.184. The summed E-state index contributed by atoms with van der Waals surface area (Å²) >= 11 is 6.00. The Bertz CT molecular complexity index is 1150. The van der Waals surface area contributed by atoms with E-state index in [0.717, 1.165) is 22.4 Å². The molecule has 2 aromatic carbocycles. The van der Waals surface area contributed by atoms with Crippen molar-refractivity contribution in [2.45, 2.75) is 51.8 Å². The van der Waals surface area contributed by atoms with Gasteiger partial charge in [0.2, 0.25) is 5.91 Å². The van der Waals surface area contributed by atoms with Crippen molar-refractivity contribution < 1.29 is 18.8 Å². The molecule has 178 valence electrons. The molecule has 1 unspecified atom stereocenters. The molecule has 1 N–H and O–H groups in total. The Kier molecular flexibility index (Phi) is 6.93. The molecule has 34 heavy (non-hydrogen) atoms. The van der Waals surface area contributed by atoms with Crippen molar-refractivity contribution in [3.05, 3.63) is 76.4 Å². The predicted octanol–water partition coefficient (Wildman–Crippen LogP) is 5.02. The first-order valence-corrected chi connectivity index (χ1v) is 11.6. The lowest BCUT2D eigenvalue weighted by molar-refractivity contribution is -0.134. The van der Waals surface area contributed by atoms with Gasteiger partial charge in [-0.1, -0.05) is 47.1 Å². The van der Waals surface area contributed by atoms with Crippen molar-refractivity contribution in [3.8, 4) is 11.3 Å². The van der Waals surface area contributed by atoms with Gasteiger partial charge in [0.05, 0.1) is 6.54 Å². The first-order valence-electron chi connectivity index (χ1n) is 11.3. The van der Waals surface area contributed by atoms with E-state index >= 15 is 0 Å². The summed E-state index contributed by atoms with van der Waals surface area (Å²) in [5.74, 6) is 0.517. The van der Waals surface area contributed by atoms with Gasteiger partial charge in [-0.25, -0.2) is 4.79 Å². The highest BCUT2D eigenvalue weighted by Gasteiger charge is 2.32. The molecule has 1 aliphatic rings. The molecule has 1 aliphatic heterocycles. The second kappa shape index (κ2) is 9.89. The minimum atomic E-state index is -0.763. The maximum absolute atomic E-state index is 13.5. The molecule has 7 nitrogen and oxygen atoms in total. The molecule has 0 radical (unpaired) electrons. The zero-order valence-corrected chi connectivity index (χ0v) is 20.3. The lowest BCUT2D eigenvalue weighted by Gasteiger charge is -2.31. The van der Waals surface area contributed by atoms with Crippen LogP contribution in [0.3, 0.4) is 0 Å². The molecule has 0 aliphatic carbocycles. The number of nitrogens with zero attached hydrogens (tertiary/aromatic N) is 2. The molecule has 3 aromatic rings. The Labute approximate surface area is 204 Å². The van der Waals surface area contributed by atoms with Crippen LogP contribution in [0.4, 0.5) is 4.79 Å². The van der Waals surface area contributed by atoms with Crippen molar-refractivity contribution >= 4 is 23.6 Å². The van der Waals surface area contributed by atoms with E-state index in [9.17, 15) is 9.59 Å². The number of hydrogen-bond acceptors (Lipinski definition) is 5. The number of alkyl carbamates (subject to hydrolysis) is 1. The van der Waals surface area contributed by atoms with Crippen LogP contribution < -0.4 is 5.32 Å². The van der Waals surface area contributed by atoms with Crippen LogP contribution in [0.1, 0.15) is 37.6 Å². The summed E-state index contributed by atoms with van der Waals surface area (Å²) in [4.78, 5) is 27.7. The van der Waals surface area contributed by atoms with Crippen LogP contribution in [0.15, 0.2) is 59.1 Å². The van der Waals surface area contributed by atoms with Gasteiger partial charge in [0, 0.05) is 29.1 Å². The summed E-state index contributed by atoms with van der Waals surface area (Å²) in [6.07, 6.45) is 0.343. The van der Waals surface area contributed by atoms with Gasteiger partial charge in [-0.3, -0.25) is 4.79 Å². The van der Waals surface area contributed by atoms with Gasteiger partial charge in [-0.2, -0.15) is 0 Å². The lowest BCUT2D eigenvalue weighted by atomic mass is 9.99. The topological polar surface area (TPSA) is 84.7 Å². The van der Waals surface area contributed by atoms with Crippen molar-refractivity contribution in [2.75, 3.05) is 6.54 Å². The zero-order valence-electron chi connectivity index (χ0n) is 19.5. The Balaban J connectivity index is 1.51. The normalized spacial score (nSPS) is 14.3. The van der Waals surface area contributed by atoms with E-state index in [1.165, 1.54) is 0 Å². The van der Waals surface area contributed by atoms with Gasteiger partial charge in [-0.05, 0) is 57.0 Å². The van der Waals surface area contributed by atoms with Gasteiger partial charge in [0.25, 0.3) is 0 Å². The predicted molar refractivity (Wildman–Crippen MR) is 129 cm³/mol. The quantitative estimate of drug-likeness (QED) is 0.553. The maximum atomic E-state index is 13.5. The summed E-state index contributed by atoms with van der Waals surface area (Å²) in [6, 6.07) is 16.2. The summed E-state index contributed by atoms with van der Waals surface area (Å²) in [7, 11) is 0. The van der Waals surface area contributed by atoms with E-state index in [4.69, 9.17) is 20.9 Å². The van der Waals surface area contributed by atoms with Crippen LogP contribution >= 0.6 is 11.6 Å². The lowest BCUT2D eigenvalue weighted by Crippen LogP contribution is -2.51. The smallest absolute Gasteiger partial charge is 0.408 e. The third-order valence-electron chi connectivity index (χ3n) is 5.53. The largest absolute Gasteiger partial charge is 0.444 e. The van der Waals surface area contributed by atoms with E-state index < -0.39 is 17.7 Å². The number of hydrogen-bond donors (Lipinski definition) is 1. The van der Waals surface area contributed by atoms with Crippen LogP contribution in [0.2, 0.25) is 5.02 Å². The van der Waals surface area contributed by atoms with Gasteiger partial charge < -0.3 is 19.5 Å². The standard InChI is InChI=1S/C26H28ClN3O4/c1-26(2,3)33-25(32)28-21(15-17-7-5-4-6-8-17)24(31)30-14-13-20-22(16-30)29-34-23(20)18-9-11-19(27)12-10-18/h4-12,21H,13-16H2,1-3H3,(H,28,32). The number of amides is 2. The van der Waals surface area contributed by atoms with E-state index in [0.29, 0.717) is 36.7 Å². The van der Waals surface area contributed by atoms with Crippen LogP contribution in [-0.4, -0.2) is 40.2 Å². The number of fused-ring (bicyclic) bond motifs is 1. The highest BCUT2D eigenvalue weighted by atomic mass is 35.5. The first kappa shape index (κ1) is 23.8. The Hall–Kier alpha value is -3.32. The molecule has 0 fully saturated rings. The van der Waals surface area contributed by atoms with Crippen LogP contribution in [0.5, 0.6) is 0 Å². The van der Waals surface area contributed by atoms with E-state index in [1.54, 1.807) is 37.8 Å². The summed E-state index contributed by atoms with van der Waals surface area (Å²) < 4.78 is 11.0. The fourth-order valence-electron chi connectivity index (χ4n) is 3.97. The highest BCUT2D eigenvalue weighted by molar-refractivity contribution is 6.30. The van der Waals surface area contributed by atoms with Crippen LogP contribution in [0, 0.1) is 0 Å². The van der Waals surface area contributed by atoms with E-state index in [1.807, 2.05) is 42.5 Å². The number of rotatable bonds is 5. The van der Waals surface area contributed by atoms with E-state index in [-0.39, 0.29) is 5.91 Å². The van der Waals surface area contributed by atoms with Crippen molar-refractivity contribution in [2.24, 2.45) is 0 Å². The maximum Gasteiger partial charge on any atom is 0.408 e. The zero-order chi connectivity index (χ0) is 24.3. The molecule has 8 heteroatoms. The number of nitrogens with one attached hydrogen (secondary N) is 1. The Morgan fingerprint density at radius 3 is 2.53 bits per heavy atom. The third kappa shape index (κ3) is 5.78. The molecule has 0 spiro atoms. The van der Waals surface area contributed by atoms with Crippen molar-refractivity contribution in [3.63, 3.8) is 0 Å². The molecule has 1 aromatic heterocycles. The Morgan fingerprint density at radius 2 is 1.85 bits per heavy atom. The molecule has 2 heterocycles. The SMILES string of the molecule is CC(C)(C)OC(=O)NC(Cc1ccccc1)C(=O)N1CCc2c(noc2-c2ccc(Cl)cc2)C1. The Morgan fingerprint density at radius 1 is 1.15 bits per heavy atom. The molecular weight excluding hydrogens is 454 g/mol. The van der Waals surface area contributed by atoms with Gasteiger partial charge in [-0.15, -0.1) is 0 Å². The van der Waals surface area contributed by atoms with E-state index in [2.05, 4.69) is 10.5 Å². The highest BCUT2D eigenvalue weighted by Crippen LogP contribution is 2.31. The molecule has 0 saturated heterocycles. The summed E-state index contributed by atoms with van der Waals surface area (Å²) in [5, 5.41) is 7.65. The molecule has 0 bridgehead atoms. The van der Waals surface area contributed by atoms with Crippen molar-refractivity contribution in [1.82, 2.24) is 15.4 Å². The number of carbonyl (C=O) groups is 2. The first-order chi connectivity index (χ1) is 16.2. The summed E-state index contributed by atoms with van der Waals surface area (Å²) in [6.45, 7) is 6.17. The second-order valence-electron chi connectivity index (χ2n) is 9.34. The fraction of sp³-hybridized carbons (Fsp3) is 0.346. The molecule has 1 atom stereocenters. The number of benzene rings is 2. The van der Waals surface area contributed by atoms with Gasteiger partial charge in [0.1, 0.15) is 17.3 Å². The van der Waals surface area contributed by atoms with Crippen LogP contribution in [-0.2, 0) is 28.9 Å². The average Bonchev–Trinajstić information content (AvgIpc) is 3.21. The van der Waals surface area contributed by atoms with Crippen LogP contribution in [0.25, 0.3) is 11.3 Å². The van der Waals surface area contributed by atoms with Gasteiger partial charge >= 0.3 is 6.09 Å².